The second-order valence-corrected chi connectivity index (χ2v) is 5.97. The zero-order valence-corrected chi connectivity index (χ0v) is 12.2. The van der Waals surface area contributed by atoms with Gasteiger partial charge in [0, 0.05) is 24.5 Å². The van der Waals surface area contributed by atoms with E-state index in [0.29, 0.717) is 22.6 Å². The van der Waals surface area contributed by atoms with Gasteiger partial charge in [-0.1, -0.05) is 0 Å². The standard InChI is InChI=1S/C15H14F2N4O/c1-6-3-7(2)19-14-9(6)10-11(22-14)12(18)21-13(20-10)8-4-15(16,17)5-8/h3,8H,4-5H2,1-2H3,(H2,18,20,21). The second-order valence-electron chi connectivity index (χ2n) is 5.97. The minimum Gasteiger partial charge on any atom is -0.432 e. The summed E-state index contributed by atoms with van der Waals surface area (Å²) < 4.78 is 31.8. The predicted molar refractivity (Wildman–Crippen MR) is 77.9 cm³/mol. The van der Waals surface area contributed by atoms with Gasteiger partial charge in [0.1, 0.15) is 11.3 Å². The molecule has 0 saturated heterocycles. The number of aryl methyl sites for hydroxylation is 2. The third-order valence-corrected chi connectivity index (χ3v) is 4.11. The fourth-order valence-corrected chi connectivity index (χ4v) is 3.04. The minimum absolute atomic E-state index is 0.172. The largest absolute Gasteiger partial charge is 0.432 e. The highest BCUT2D eigenvalue weighted by molar-refractivity contribution is 6.05. The van der Waals surface area contributed by atoms with Gasteiger partial charge in [-0.3, -0.25) is 0 Å². The number of nitrogens with two attached hydrogens (primary N) is 1. The monoisotopic (exact) mass is 304 g/mol. The molecule has 0 amide bonds. The second kappa shape index (κ2) is 4.12. The Balaban J connectivity index is 1.95. The van der Waals surface area contributed by atoms with E-state index in [1.165, 1.54) is 0 Å². The number of halogens is 2. The van der Waals surface area contributed by atoms with E-state index in [4.69, 9.17) is 10.2 Å². The van der Waals surface area contributed by atoms with E-state index in [1.807, 2.05) is 19.9 Å². The average molecular weight is 304 g/mol. The first kappa shape index (κ1) is 13.4. The lowest BCUT2D eigenvalue weighted by atomic mass is 9.81. The van der Waals surface area contributed by atoms with Crippen LogP contribution in [-0.2, 0) is 0 Å². The topological polar surface area (TPSA) is 77.8 Å². The summed E-state index contributed by atoms with van der Waals surface area (Å²) in [4.78, 5) is 12.9. The molecule has 5 nitrogen and oxygen atoms in total. The molecule has 3 aromatic heterocycles. The normalized spacial score (nSPS) is 18.0. The predicted octanol–water partition coefficient (Wildman–Crippen LogP) is 3.48. The van der Waals surface area contributed by atoms with Crippen molar-refractivity contribution in [3.63, 3.8) is 0 Å². The Morgan fingerprint density at radius 2 is 1.95 bits per heavy atom. The number of hydrogen-bond acceptors (Lipinski definition) is 5. The van der Waals surface area contributed by atoms with Crippen LogP contribution in [0.3, 0.4) is 0 Å². The van der Waals surface area contributed by atoms with Crippen LogP contribution in [0.25, 0.3) is 22.2 Å². The van der Waals surface area contributed by atoms with Crippen molar-refractivity contribution in [2.24, 2.45) is 0 Å². The lowest BCUT2D eigenvalue weighted by Crippen LogP contribution is -2.34. The van der Waals surface area contributed by atoms with E-state index in [-0.39, 0.29) is 24.6 Å². The van der Waals surface area contributed by atoms with E-state index in [9.17, 15) is 8.78 Å². The Bertz CT molecular complexity index is 911. The van der Waals surface area contributed by atoms with Crippen LogP contribution in [0.15, 0.2) is 10.5 Å². The van der Waals surface area contributed by atoms with Crippen LogP contribution in [0.5, 0.6) is 0 Å². The highest BCUT2D eigenvalue weighted by Gasteiger charge is 2.47. The SMILES string of the molecule is Cc1cc(C)c2c(n1)oc1c(N)nc(C3CC(F)(F)C3)nc12. The quantitative estimate of drug-likeness (QED) is 0.744. The number of nitrogen functional groups attached to an aromatic ring is 1. The van der Waals surface area contributed by atoms with Gasteiger partial charge in [0.15, 0.2) is 11.4 Å². The zero-order chi connectivity index (χ0) is 15.6. The zero-order valence-electron chi connectivity index (χ0n) is 12.2. The van der Waals surface area contributed by atoms with Gasteiger partial charge in [-0.15, -0.1) is 0 Å². The highest BCUT2D eigenvalue weighted by atomic mass is 19.3. The van der Waals surface area contributed by atoms with Gasteiger partial charge in [-0.25, -0.2) is 23.7 Å². The molecule has 3 aromatic rings. The highest BCUT2D eigenvalue weighted by Crippen LogP contribution is 2.48. The molecule has 1 fully saturated rings. The Hall–Kier alpha value is -2.31. The number of furan rings is 1. The van der Waals surface area contributed by atoms with Crippen molar-refractivity contribution < 1.29 is 13.2 Å². The molecule has 4 rings (SSSR count). The Labute approximate surface area is 124 Å². The van der Waals surface area contributed by atoms with Gasteiger partial charge in [-0.05, 0) is 25.5 Å². The third-order valence-electron chi connectivity index (χ3n) is 4.11. The maximum atomic E-state index is 13.1. The van der Waals surface area contributed by atoms with Crippen molar-refractivity contribution in [2.45, 2.75) is 38.5 Å². The van der Waals surface area contributed by atoms with Crippen LogP contribution in [0.2, 0.25) is 0 Å². The summed E-state index contributed by atoms with van der Waals surface area (Å²) in [5.74, 6) is -2.45. The van der Waals surface area contributed by atoms with Crippen LogP contribution in [0, 0.1) is 13.8 Å². The van der Waals surface area contributed by atoms with Crippen LogP contribution in [0.4, 0.5) is 14.6 Å². The molecule has 0 aromatic carbocycles. The fourth-order valence-electron chi connectivity index (χ4n) is 3.04. The first-order valence-electron chi connectivity index (χ1n) is 7.06. The molecule has 1 aliphatic rings. The van der Waals surface area contributed by atoms with Crippen molar-refractivity contribution in [2.75, 3.05) is 5.73 Å². The van der Waals surface area contributed by atoms with Crippen LogP contribution >= 0.6 is 0 Å². The summed E-state index contributed by atoms with van der Waals surface area (Å²) in [5.41, 5.74) is 9.09. The molecule has 0 aliphatic heterocycles. The number of nitrogens with zero attached hydrogens (tertiary/aromatic N) is 3. The Kier molecular flexibility index (Phi) is 2.50. The molecule has 3 heterocycles. The van der Waals surface area contributed by atoms with Crippen molar-refractivity contribution in [3.05, 3.63) is 23.1 Å². The van der Waals surface area contributed by atoms with E-state index in [2.05, 4.69) is 15.0 Å². The molecule has 1 aliphatic carbocycles. The lowest BCUT2D eigenvalue weighted by molar-refractivity contribution is -0.0884. The molecule has 0 unspecified atom stereocenters. The number of rotatable bonds is 1. The van der Waals surface area contributed by atoms with E-state index in [1.54, 1.807) is 0 Å². The number of anilines is 1. The van der Waals surface area contributed by atoms with Crippen LogP contribution in [-0.4, -0.2) is 20.9 Å². The molecular formula is C15H14F2N4O. The van der Waals surface area contributed by atoms with Crippen LogP contribution < -0.4 is 5.73 Å². The average Bonchev–Trinajstić information content (AvgIpc) is 2.74. The van der Waals surface area contributed by atoms with Gasteiger partial charge in [0.2, 0.25) is 11.6 Å². The molecule has 0 atom stereocenters. The Morgan fingerprint density at radius 3 is 2.64 bits per heavy atom. The lowest BCUT2D eigenvalue weighted by Gasteiger charge is -2.33. The molecule has 0 bridgehead atoms. The third kappa shape index (κ3) is 1.84. The molecule has 0 spiro atoms. The summed E-state index contributed by atoms with van der Waals surface area (Å²) in [6.45, 7) is 3.80. The van der Waals surface area contributed by atoms with Crippen molar-refractivity contribution in [1.29, 1.82) is 0 Å². The fraction of sp³-hybridized carbons (Fsp3) is 0.400. The summed E-state index contributed by atoms with van der Waals surface area (Å²) in [5, 5.41) is 0.766. The summed E-state index contributed by atoms with van der Waals surface area (Å²) >= 11 is 0. The first-order chi connectivity index (χ1) is 10.3. The maximum Gasteiger partial charge on any atom is 0.249 e. The van der Waals surface area contributed by atoms with Gasteiger partial charge in [-0.2, -0.15) is 0 Å². The smallest absolute Gasteiger partial charge is 0.249 e. The summed E-state index contributed by atoms with van der Waals surface area (Å²) in [6, 6.07) is 1.92. The molecule has 2 N–H and O–H groups in total. The van der Waals surface area contributed by atoms with Gasteiger partial charge >= 0.3 is 0 Å². The van der Waals surface area contributed by atoms with Crippen molar-refractivity contribution in [1.82, 2.24) is 15.0 Å². The van der Waals surface area contributed by atoms with Crippen molar-refractivity contribution in [3.8, 4) is 0 Å². The van der Waals surface area contributed by atoms with E-state index in [0.717, 1.165) is 16.6 Å². The van der Waals surface area contributed by atoms with E-state index < -0.39 is 5.92 Å². The number of pyridine rings is 1. The summed E-state index contributed by atoms with van der Waals surface area (Å²) in [7, 11) is 0. The van der Waals surface area contributed by atoms with Gasteiger partial charge in [0.25, 0.3) is 0 Å². The van der Waals surface area contributed by atoms with Gasteiger partial charge in [0.05, 0.1) is 5.39 Å². The van der Waals surface area contributed by atoms with Gasteiger partial charge < -0.3 is 10.2 Å². The van der Waals surface area contributed by atoms with Crippen molar-refractivity contribution >= 4 is 28.0 Å². The molecule has 1 saturated carbocycles. The Morgan fingerprint density at radius 1 is 1.23 bits per heavy atom. The number of hydrogen-bond donors (Lipinski definition) is 1. The molecular weight excluding hydrogens is 290 g/mol. The molecule has 22 heavy (non-hydrogen) atoms. The van der Waals surface area contributed by atoms with E-state index >= 15 is 0 Å². The summed E-state index contributed by atoms with van der Waals surface area (Å²) in [6.07, 6.45) is -0.464. The maximum absolute atomic E-state index is 13.1. The number of fused-ring (bicyclic) bond motifs is 3. The van der Waals surface area contributed by atoms with Crippen LogP contribution in [0.1, 0.15) is 35.8 Å². The first-order valence-corrected chi connectivity index (χ1v) is 7.06. The molecule has 114 valence electrons. The number of aromatic nitrogens is 3. The number of alkyl halides is 2. The molecule has 7 heteroatoms. The molecule has 0 radical (unpaired) electrons. The minimum atomic E-state index is -2.62.